The van der Waals surface area contributed by atoms with Crippen molar-refractivity contribution in [1.82, 2.24) is 9.55 Å². The van der Waals surface area contributed by atoms with Crippen molar-refractivity contribution in [3.63, 3.8) is 0 Å². The normalized spacial score (nSPS) is 15.7. The number of hydrogen-bond donors (Lipinski definition) is 1. The fraction of sp³-hybridized carbons (Fsp3) is 0.429. The molecule has 0 aliphatic carbocycles. The summed E-state index contributed by atoms with van der Waals surface area (Å²) in [4.78, 5) is 14.9. The molecule has 1 amide bonds. The Morgan fingerprint density at radius 1 is 1.75 bits per heavy atom. The number of hydrogen-bond acceptors (Lipinski definition) is 3. The average Bonchev–Trinajstić information content (AvgIpc) is 2.47. The molecule has 5 heteroatoms. The van der Waals surface area contributed by atoms with Crippen molar-refractivity contribution in [2.75, 3.05) is 6.61 Å². The van der Waals surface area contributed by atoms with Crippen molar-refractivity contribution in [2.24, 2.45) is 5.73 Å². The van der Waals surface area contributed by atoms with Gasteiger partial charge in [-0.25, -0.2) is 4.98 Å². The molecule has 1 aromatic rings. The number of rotatable bonds is 1. The first-order valence-corrected chi connectivity index (χ1v) is 3.71. The summed E-state index contributed by atoms with van der Waals surface area (Å²) in [5.41, 5.74) is 5.61. The monoisotopic (exact) mass is 167 g/mol. The van der Waals surface area contributed by atoms with Crippen LogP contribution in [0.3, 0.4) is 0 Å². The van der Waals surface area contributed by atoms with Crippen molar-refractivity contribution in [3.05, 3.63) is 17.7 Å². The third kappa shape index (κ3) is 0.984. The molecule has 2 rings (SSSR count). The largest absolute Gasteiger partial charge is 0.372 e. The highest BCUT2D eigenvalue weighted by Gasteiger charge is 2.16. The predicted molar refractivity (Wildman–Crippen MR) is 40.4 cm³/mol. The molecule has 0 atom stereocenters. The standard InChI is InChI=1S/C7H9N3O2/c8-7(11)5-3-9-6-4-12-2-1-10(5)6/h3H,1-2,4H2,(H2,8,11). The SMILES string of the molecule is NC(=O)c1cnc2n1CCOC2. The number of carbonyl (C=O) groups is 1. The minimum Gasteiger partial charge on any atom is -0.372 e. The molecule has 0 fully saturated rings. The van der Waals surface area contributed by atoms with E-state index in [1.54, 1.807) is 4.57 Å². The fourth-order valence-electron chi connectivity index (χ4n) is 1.29. The van der Waals surface area contributed by atoms with Crippen molar-refractivity contribution in [2.45, 2.75) is 13.2 Å². The number of aromatic nitrogens is 2. The lowest BCUT2D eigenvalue weighted by Crippen LogP contribution is -2.23. The maximum Gasteiger partial charge on any atom is 0.266 e. The number of primary amides is 1. The van der Waals surface area contributed by atoms with E-state index < -0.39 is 5.91 Å². The van der Waals surface area contributed by atoms with Gasteiger partial charge in [-0.1, -0.05) is 0 Å². The molecular formula is C7H9N3O2. The Labute approximate surface area is 69.1 Å². The van der Waals surface area contributed by atoms with Gasteiger partial charge in [0, 0.05) is 6.54 Å². The van der Waals surface area contributed by atoms with Crippen LogP contribution in [-0.4, -0.2) is 22.1 Å². The van der Waals surface area contributed by atoms with E-state index in [-0.39, 0.29) is 0 Å². The number of imidazole rings is 1. The Kier molecular flexibility index (Phi) is 1.58. The fourth-order valence-corrected chi connectivity index (χ4v) is 1.29. The third-order valence-corrected chi connectivity index (χ3v) is 1.88. The number of nitrogens with zero attached hydrogens (tertiary/aromatic N) is 2. The van der Waals surface area contributed by atoms with Crippen molar-refractivity contribution < 1.29 is 9.53 Å². The second-order valence-corrected chi connectivity index (χ2v) is 2.63. The van der Waals surface area contributed by atoms with Gasteiger partial charge in [-0.2, -0.15) is 0 Å². The van der Waals surface area contributed by atoms with E-state index in [0.29, 0.717) is 25.5 Å². The summed E-state index contributed by atoms with van der Waals surface area (Å²) in [5, 5.41) is 0. The molecule has 0 unspecified atom stereocenters. The van der Waals surface area contributed by atoms with E-state index in [2.05, 4.69) is 4.98 Å². The summed E-state index contributed by atoms with van der Waals surface area (Å²) in [7, 11) is 0. The van der Waals surface area contributed by atoms with Gasteiger partial charge in [0.1, 0.15) is 18.1 Å². The molecule has 1 aliphatic heterocycles. The third-order valence-electron chi connectivity index (χ3n) is 1.88. The van der Waals surface area contributed by atoms with E-state index >= 15 is 0 Å². The lowest BCUT2D eigenvalue weighted by molar-refractivity contribution is 0.0787. The van der Waals surface area contributed by atoms with E-state index in [9.17, 15) is 4.79 Å². The van der Waals surface area contributed by atoms with Crippen molar-refractivity contribution in [3.8, 4) is 0 Å². The minimum absolute atomic E-state index is 0.435. The topological polar surface area (TPSA) is 70.1 Å². The quantitative estimate of drug-likeness (QED) is 0.613. The van der Waals surface area contributed by atoms with E-state index in [4.69, 9.17) is 10.5 Å². The maximum absolute atomic E-state index is 10.9. The van der Waals surface area contributed by atoms with Crippen LogP contribution in [0.25, 0.3) is 0 Å². The summed E-state index contributed by atoms with van der Waals surface area (Å²) in [6.07, 6.45) is 1.49. The van der Waals surface area contributed by atoms with E-state index in [0.717, 1.165) is 5.82 Å². The number of ether oxygens (including phenoxy) is 1. The molecule has 2 heterocycles. The van der Waals surface area contributed by atoms with Crippen LogP contribution in [0.1, 0.15) is 16.3 Å². The summed E-state index contributed by atoms with van der Waals surface area (Å²) in [6, 6.07) is 0. The van der Waals surface area contributed by atoms with Gasteiger partial charge in [0.25, 0.3) is 5.91 Å². The van der Waals surface area contributed by atoms with Crippen LogP contribution in [0.4, 0.5) is 0 Å². The summed E-state index contributed by atoms with van der Waals surface area (Å²) in [5.74, 6) is 0.339. The molecule has 0 spiro atoms. The Morgan fingerprint density at radius 2 is 2.58 bits per heavy atom. The van der Waals surface area contributed by atoms with Crippen LogP contribution in [0.15, 0.2) is 6.20 Å². The Bertz CT molecular complexity index is 318. The first-order valence-electron chi connectivity index (χ1n) is 3.71. The average molecular weight is 167 g/mol. The van der Waals surface area contributed by atoms with Gasteiger partial charge in [0.05, 0.1) is 12.8 Å². The molecule has 64 valence electrons. The van der Waals surface area contributed by atoms with Gasteiger partial charge in [0.2, 0.25) is 0 Å². The highest BCUT2D eigenvalue weighted by Crippen LogP contribution is 2.10. The van der Waals surface area contributed by atoms with Crippen molar-refractivity contribution in [1.29, 1.82) is 0 Å². The van der Waals surface area contributed by atoms with Crippen LogP contribution < -0.4 is 5.73 Å². The Hall–Kier alpha value is -1.36. The van der Waals surface area contributed by atoms with Crippen LogP contribution >= 0.6 is 0 Å². The van der Waals surface area contributed by atoms with Gasteiger partial charge < -0.3 is 15.0 Å². The molecule has 0 aromatic carbocycles. The highest BCUT2D eigenvalue weighted by atomic mass is 16.5. The van der Waals surface area contributed by atoms with Crippen LogP contribution in [0.2, 0.25) is 0 Å². The molecule has 0 bridgehead atoms. The lowest BCUT2D eigenvalue weighted by atomic mass is 10.4. The highest BCUT2D eigenvalue weighted by molar-refractivity contribution is 5.90. The summed E-state index contributed by atoms with van der Waals surface area (Å²) in [6.45, 7) is 1.74. The Morgan fingerprint density at radius 3 is 3.33 bits per heavy atom. The second kappa shape index (κ2) is 2.60. The number of amides is 1. The van der Waals surface area contributed by atoms with E-state index in [1.807, 2.05) is 0 Å². The molecule has 2 N–H and O–H groups in total. The van der Waals surface area contributed by atoms with Gasteiger partial charge in [-0.15, -0.1) is 0 Å². The first-order chi connectivity index (χ1) is 5.79. The smallest absolute Gasteiger partial charge is 0.266 e. The lowest BCUT2D eigenvalue weighted by Gasteiger charge is -2.15. The molecule has 1 aliphatic rings. The summed E-state index contributed by atoms with van der Waals surface area (Å²) < 4.78 is 6.95. The van der Waals surface area contributed by atoms with Gasteiger partial charge in [-0.3, -0.25) is 4.79 Å². The van der Waals surface area contributed by atoms with Gasteiger partial charge >= 0.3 is 0 Å². The van der Waals surface area contributed by atoms with Crippen LogP contribution in [0.5, 0.6) is 0 Å². The zero-order valence-electron chi connectivity index (χ0n) is 6.49. The molecule has 1 aromatic heterocycles. The molecular weight excluding hydrogens is 158 g/mol. The number of nitrogens with two attached hydrogens (primary N) is 1. The molecule has 0 saturated carbocycles. The second-order valence-electron chi connectivity index (χ2n) is 2.63. The molecule has 0 radical (unpaired) electrons. The molecule has 12 heavy (non-hydrogen) atoms. The predicted octanol–water partition coefficient (Wildman–Crippen LogP) is -0.488. The molecule has 5 nitrogen and oxygen atoms in total. The van der Waals surface area contributed by atoms with E-state index in [1.165, 1.54) is 6.20 Å². The first kappa shape index (κ1) is 7.30. The maximum atomic E-state index is 10.9. The zero-order valence-corrected chi connectivity index (χ0v) is 6.49. The van der Waals surface area contributed by atoms with Gasteiger partial charge in [-0.05, 0) is 0 Å². The summed E-state index contributed by atoms with van der Waals surface area (Å²) >= 11 is 0. The van der Waals surface area contributed by atoms with Gasteiger partial charge in [0.15, 0.2) is 0 Å². The molecule has 0 saturated heterocycles. The van der Waals surface area contributed by atoms with Crippen LogP contribution in [-0.2, 0) is 17.9 Å². The Balaban J connectivity index is 2.44. The zero-order chi connectivity index (χ0) is 8.55. The number of fused-ring (bicyclic) bond motifs is 1. The number of carbonyl (C=O) groups excluding carboxylic acids is 1. The van der Waals surface area contributed by atoms with Crippen LogP contribution in [0, 0.1) is 0 Å². The minimum atomic E-state index is -0.435. The van der Waals surface area contributed by atoms with Crippen molar-refractivity contribution >= 4 is 5.91 Å².